The van der Waals surface area contributed by atoms with Crippen LogP contribution in [0.25, 0.3) is 0 Å². The summed E-state index contributed by atoms with van der Waals surface area (Å²) >= 11 is 0. The third-order valence-corrected chi connectivity index (χ3v) is 3.84. The highest BCUT2D eigenvalue weighted by Gasteiger charge is 2.42. The van der Waals surface area contributed by atoms with E-state index in [1.807, 2.05) is 37.3 Å². The van der Waals surface area contributed by atoms with E-state index in [1.54, 1.807) is 4.90 Å². The topological polar surface area (TPSA) is 66.6 Å². The van der Waals surface area contributed by atoms with Crippen molar-refractivity contribution in [2.75, 3.05) is 13.1 Å². The minimum absolute atomic E-state index is 0.0472. The monoisotopic (exact) mass is 262 g/mol. The number of aliphatic hydroxyl groups is 1. The van der Waals surface area contributed by atoms with Crippen LogP contribution in [0.5, 0.6) is 0 Å². The summed E-state index contributed by atoms with van der Waals surface area (Å²) in [6.45, 7) is 2.76. The van der Waals surface area contributed by atoms with Crippen molar-refractivity contribution in [3.63, 3.8) is 0 Å². The van der Waals surface area contributed by atoms with Crippen LogP contribution in [0.2, 0.25) is 0 Å². The number of nitrogens with zero attached hydrogens (tertiary/aromatic N) is 1. The molecule has 3 N–H and O–H groups in total. The van der Waals surface area contributed by atoms with E-state index < -0.39 is 11.6 Å². The van der Waals surface area contributed by atoms with E-state index in [4.69, 9.17) is 5.73 Å². The second kappa shape index (κ2) is 5.72. The van der Waals surface area contributed by atoms with Crippen LogP contribution >= 0.6 is 0 Å². The quantitative estimate of drug-likeness (QED) is 0.829. The highest BCUT2D eigenvalue weighted by molar-refractivity contribution is 5.82. The van der Waals surface area contributed by atoms with Crippen LogP contribution in [0.4, 0.5) is 0 Å². The van der Waals surface area contributed by atoms with E-state index in [1.165, 1.54) is 5.56 Å². The third-order valence-electron chi connectivity index (χ3n) is 3.84. The maximum Gasteiger partial charge on any atom is 0.239 e. The molecule has 1 fully saturated rings. The highest BCUT2D eigenvalue weighted by Crippen LogP contribution is 2.24. The van der Waals surface area contributed by atoms with E-state index in [0.717, 1.165) is 6.42 Å². The van der Waals surface area contributed by atoms with Crippen molar-refractivity contribution in [2.45, 2.75) is 37.8 Å². The second-order valence-corrected chi connectivity index (χ2v) is 5.40. The molecule has 1 aromatic rings. The van der Waals surface area contributed by atoms with Crippen molar-refractivity contribution in [1.82, 2.24) is 4.90 Å². The fourth-order valence-electron chi connectivity index (χ4n) is 2.37. The first-order valence-corrected chi connectivity index (χ1v) is 6.85. The molecular weight excluding hydrogens is 240 g/mol. The van der Waals surface area contributed by atoms with E-state index in [0.29, 0.717) is 25.9 Å². The van der Waals surface area contributed by atoms with Crippen LogP contribution in [0.3, 0.4) is 0 Å². The Morgan fingerprint density at radius 2 is 2.05 bits per heavy atom. The van der Waals surface area contributed by atoms with Crippen LogP contribution < -0.4 is 5.73 Å². The van der Waals surface area contributed by atoms with E-state index in [9.17, 15) is 9.90 Å². The average molecular weight is 262 g/mol. The molecule has 1 heterocycles. The molecule has 0 aromatic heterocycles. The smallest absolute Gasteiger partial charge is 0.239 e. The van der Waals surface area contributed by atoms with Crippen molar-refractivity contribution < 1.29 is 9.90 Å². The fourth-order valence-corrected chi connectivity index (χ4v) is 2.37. The summed E-state index contributed by atoms with van der Waals surface area (Å²) in [4.78, 5) is 13.7. The standard InChI is InChI=1S/C15H22N2O2/c1-2-15(19)10-17(11-15)14(18)13(16)9-8-12-6-4-3-5-7-12/h3-7,13,19H,2,8-11,16H2,1H3/t13-/m0/s1. The zero-order chi connectivity index (χ0) is 13.9. The van der Waals surface area contributed by atoms with Crippen molar-refractivity contribution in [1.29, 1.82) is 0 Å². The van der Waals surface area contributed by atoms with Gasteiger partial charge in [0, 0.05) is 0 Å². The number of carbonyl (C=O) groups excluding carboxylic acids is 1. The van der Waals surface area contributed by atoms with Crippen LogP contribution in [-0.4, -0.2) is 40.6 Å². The molecule has 1 amide bonds. The predicted molar refractivity (Wildman–Crippen MR) is 74.6 cm³/mol. The molecule has 1 aromatic carbocycles. The number of nitrogens with two attached hydrogens (primary N) is 1. The van der Waals surface area contributed by atoms with Gasteiger partial charge in [0.15, 0.2) is 0 Å². The summed E-state index contributed by atoms with van der Waals surface area (Å²) in [7, 11) is 0. The fraction of sp³-hybridized carbons (Fsp3) is 0.533. The molecule has 0 aliphatic carbocycles. The number of hydrogen-bond donors (Lipinski definition) is 2. The van der Waals surface area contributed by atoms with Gasteiger partial charge in [-0.15, -0.1) is 0 Å². The van der Waals surface area contributed by atoms with Gasteiger partial charge in [-0.2, -0.15) is 0 Å². The summed E-state index contributed by atoms with van der Waals surface area (Å²) in [6, 6.07) is 9.55. The highest BCUT2D eigenvalue weighted by atomic mass is 16.3. The Labute approximate surface area is 114 Å². The SMILES string of the molecule is CCC1(O)CN(C(=O)[C@@H](N)CCc2ccccc2)C1. The molecule has 1 atom stereocenters. The Kier molecular flexibility index (Phi) is 4.22. The lowest BCUT2D eigenvalue weighted by atomic mass is 9.90. The van der Waals surface area contributed by atoms with Gasteiger partial charge in [0.2, 0.25) is 5.91 Å². The average Bonchev–Trinajstić information content (AvgIpc) is 2.41. The Morgan fingerprint density at radius 1 is 1.42 bits per heavy atom. The van der Waals surface area contributed by atoms with Gasteiger partial charge >= 0.3 is 0 Å². The predicted octanol–water partition coefficient (Wildman–Crippen LogP) is 0.930. The molecule has 1 saturated heterocycles. The molecule has 0 unspecified atom stereocenters. The van der Waals surface area contributed by atoms with E-state index in [2.05, 4.69) is 0 Å². The maximum atomic E-state index is 12.0. The summed E-state index contributed by atoms with van der Waals surface area (Å²) in [5.74, 6) is -0.0472. The lowest BCUT2D eigenvalue weighted by molar-refractivity contribution is -0.157. The summed E-state index contributed by atoms with van der Waals surface area (Å²) < 4.78 is 0. The first-order valence-electron chi connectivity index (χ1n) is 6.85. The molecule has 0 saturated carbocycles. The number of likely N-dealkylation sites (tertiary alicyclic amines) is 1. The molecular formula is C15H22N2O2. The maximum absolute atomic E-state index is 12.0. The van der Waals surface area contributed by atoms with Crippen molar-refractivity contribution in [3.05, 3.63) is 35.9 Å². The van der Waals surface area contributed by atoms with Gasteiger partial charge in [-0.3, -0.25) is 4.79 Å². The molecule has 1 aliphatic heterocycles. The van der Waals surface area contributed by atoms with Gasteiger partial charge < -0.3 is 15.7 Å². The Hall–Kier alpha value is -1.39. The summed E-state index contributed by atoms with van der Waals surface area (Å²) in [5, 5.41) is 9.89. The van der Waals surface area contributed by atoms with Crippen LogP contribution in [-0.2, 0) is 11.2 Å². The minimum Gasteiger partial charge on any atom is -0.386 e. The molecule has 19 heavy (non-hydrogen) atoms. The normalized spacial score (nSPS) is 18.8. The number of rotatable bonds is 5. The van der Waals surface area contributed by atoms with Gasteiger partial charge in [-0.25, -0.2) is 0 Å². The van der Waals surface area contributed by atoms with Crippen LogP contribution in [0.15, 0.2) is 30.3 Å². The van der Waals surface area contributed by atoms with Crippen LogP contribution in [0, 0.1) is 0 Å². The van der Waals surface area contributed by atoms with E-state index in [-0.39, 0.29) is 5.91 Å². The molecule has 2 rings (SSSR count). The lowest BCUT2D eigenvalue weighted by Crippen LogP contribution is -2.65. The number of amides is 1. The zero-order valence-electron chi connectivity index (χ0n) is 11.4. The van der Waals surface area contributed by atoms with Crippen molar-refractivity contribution >= 4 is 5.91 Å². The Balaban J connectivity index is 1.78. The third kappa shape index (κ3) is 3.33. The first-order chi connectivity index (χ1) is 9.04. The number of benzene rings is 1. The Morgan fingerprint density at radius 3 is 2.63 bits per heavy atom. The second-order valence-electron chi connectivity index (χ2n) is 5.40. The molecule has 4 heteroatoms. The van der Waals surface area contributed by atoms with Gasteiger partial charge in [0.05, 0.1) is 24.7 Å². The van der Waals surface area contributed by atoms with Crippen molar-refractivity contribution in [3.8, 4) is 0 Å². The largest absolute Gasteiger partial charge is 0.386 e. The van der Waals surface area contributed by atoms with Gasteiger partial charge in [0.25, 0.3) is 0 Å². The molecule has 4 nitrogen and oxygen atoms in total. The number of aryl methyl sites for hydroxylation is 1. The molecule has 0 spiro atoms. The van der Waals surface area contributed by atoms with Gasteiger partial charge in [0.1, 0.15) is 0 Å². The van der Waals surface area contributed by atoms with Gasteiger partial charge in [-0.1, -0.05) is 37.3 Å². The summed E-state index contributed by atoms with van der Waals surface area (Å²) in [6.07, 6.45) is 2.12. The van der Waals surface area contributed by atoms with Crippen molar-refractivity contribution in [2.24, 2.45) is 5.73 Å². The first kappa shape index (κ1) is 14.0. The summed E-state index contributed by atoms with van der Waals surface area (Å²) in [5.41, 5.74) is 6.44. The number of β-amino-alcohol motifs (C(OH)–C–C–N with tert-alkyl or cyclic N) is 1. The number of hydrogen-bond acceptors (Lipinski definition) is 3. The zero-order valence-corrected chi connectivity index (χ0v) is 11.4. The number of carbonyl (C=O) groups is 1. The van der Waals surface area contributed by atoms with Gasteiger partial charge in [-0.05, 0) is 24.8 Å². The lowest BCUT2D eigenvalue weighted by Gasteiger charge is -2.46. The van der Waals surface area contributed by atoms with E-state index >= 15 is 0 Å². The molecule has 0 bridgehead atoms. The molecule has 0 radical (unpaired) electrons. The van der Waals surface area contributed by atoms with Crippen LogP contribution in [0.1, 0.15) is 25.3 Å². The molecule has 104 valence electrons. The minimum atomic E-state index is -0.686. The molecule has 1 aliphatic rings. The Bertz CT molecular complexity index is 427.